The molecule has 24 heavy (non-hydrogen) atoms. The lowest BCUT2D eigenvalue weighted by Gasteiger charge is -2.16. The third-order valence-electron chi connectivity index (χ3n) is 4.56. The molecule has 0 radical (unpaired) electrons. The Bertz CT molecular complexity index is 934. The van der Waals surface area contributed by atoms with Crippen molar-refractivity contribution in [3.63, 3.8) is 0 Å². The number of aryl methyl sites for hydroxylation is 1. The molecule has 0 atom stereocenters. The highest BCUT2D eigenvalue weighted by Gasteiger charge is 2.23. The van der Waals surface area contributed by atoms with Gasteiger partial charge in [0.05, 0.1) is 0 Å². The summed E-state index contributed by atoms with van der Waals surface area (Å²) in [5.74, 6) is 0.183. The quantitative estimate of drug-likeness (QED) is 0.686. The molecule has 1 aliphatic rings. The van der Waals surface area contributed by atoms with Crippen LogP contribution in [0, 0.1) is 0 Å². The standard InChI is InChI=1S/C19H17ClN2OS/c20-16-2-4-18-13(9-16)5-7-21(18)8-6-19(23)22-11-14-1-3-17(24)10-15(14)12-22/h1-5,7,9-10,24H,6,8,11-12H2. The van der Waals surface area contributed by atoms with E-state index in [1.807, 2.05) is 41.4 Å². The van der Waals surface area contributed by atoms with Gasteiger partial charge < -0.3 is 9.47 Å². The van der Waals surface area contributed by atoms with Gasteiger partial charge in [0.25, 0.3) is 0 Å². The Hall–Kier alpha value is -1.91. The molecule has 0 saturated heterocycles. The third kappa shape index (κ3) is 2.92. The minimum atomic E-state index is 0.183. The number of thiol groups is 1. The highest BCUT2D eigenvalue weighted by Crippen LogP contribution is 2.26. The van der Waals surface area contributed by atoms with Gasteiger partial charge in [-0.25, -0.2) is 0 Å². The summed E-state index contributed by atoms with van der Waals surface area (Å²) in [5.41, 5.74) is 3.54. The van der Waals surface area contributed by atoms with Gasteiger partial charge in [0, 0.05) is 53.1 Å². The Morgan fingerprint density at radius 2 is 1.92 bits per heavy atom. The number of rotatable bonds is 3. The molecule has 0 saturated carbocycles. The van der Waals surface area contributed by atoms with Crippen molar-refractivity contribution < 1.29 is 4.79 Å². The minimum Gasteiger partial charge on any atom is -0.347 e. The smallest absolute Gasteiger partial charge is 0.224 e. The fourth-order valence-corrected chi connectivity index (χ4v) is 3.71. The van der Waals surface area contributed by atoms with Crippen LogP contribution in [0.15, 0.2) is 53.6 Å². The normalized spacial score (nSPS) is 13.5. The zero-order valence-corrected chi connectivity index (χ0v) is 14.7. The Morgan fingerprint density at radius 1 is 1.08 bits per heavy atom. The first-order valence-corrected chi connectivity index (χ1v) is 8.75. The highest BCUT2D eigenvalue weighted by molar-refractivity contribution is 7.80. The molecule has 0 spiro atoms. The lowest BCUT2D eigenvalue weighted by atomic mass is 10.1. The number of aromatic nitrogens is 1. The molecule has 0 aliphatic carbocycles. The topological polar surface area (TPSA) is 25.2 Å². The van der Waals surface area contributed by atoms with E-state index in [0.29, 0.717) is 26.1 Å². The van der Waals surface area contributed by atoms with E-state index in [4.69, 9.17) is 11.6 Å². The molecule has 5 heteroatoms. The first kappa shape index (κ1) is 15.6. The maximum absolute atomic E-state index is 12.6. The fraction of sp³-hybridized carbons (Fsp3) is 0.211. The van der Waals surface area contributed by atoms with E-state index in [9.17, 15) is 4.79 Å². The Morgan fingerprint density at radius 3 is 2.79 bits per heavy atom. The SMILES string of the molecule is O=C(CCn1ccc2cc(Cl)ccc21)N1Cc2ccc(S)cc2C1. The maximum Gasteiger partial charge on any atom is 0.224 e. The van der Waals surface area contributed by atoms with Crippen molar-refractivity contribution in [3.05, 3.63) is 64.8 Å². The zero-order valence-electron chi connectivity index (χ0n) is 13.1. The number of nitrogens with zero attached hydrogens (tertiary/aromatic N) is 2. The van der Waals surface area contributed by atoms with E-state index in [1.54, 1.807) is 0 Å². The maximum atomic E-state index is 12.6. The molecule has 2 aromatic carbocycles. The largest absolute Gasteiger partial charge is 0.347 e. The van der Waals surface area contributed by atoms with Gasteiger partial charge in [0.2, 0.25) is 5.91 Å². The Balaban J connectivity index is 1.44. The summed E-state index contributed by atoms with van der Waals surface area (Å²) < 4.78 is 2.11. The summed E-state index contributed by atoms with van der Waals surface area (Å²) in [5, 5.41) is 1.83. The third-order valence-corrected chi connectivity index (χ3v) is 5.08. The van der Waals surface area contributed by atoms with Gasteiger partial charge in [-0.3, -0.25) is 4.79 Å². The molecule has 1 amide bonds. The molecule has 2 heterocycles. The number of halogens is 1. The molecule has 1 aromatic heterocycles. The van der Waals surface area contributed by atoms with Crippen LogP contribution in [0.2, 0.25) is 5.02 Å². The van der Waals surface area contributed by atoms with Crippen LogP contribution < -0.4 is 0 Å². The summed E-state index contributed by atoms with van der Waals surface area (Å²) >= 11 is 10.4. The van der Waals surface area contributed by atoms with Gasteiger partial charge in [0.1, 0.15) is 0 Å². The van der Waals surface area contributed by atoms with Gasteiger partial charge in [-0.15, -0.1) is 12.6 Å². The van der Waals surface area contributed by atoms with Gasteiger partial charge in [0.15, 0.2) is 0 Å². The van der Waals surface area contributed by atoms with Crippen LogP contribution in [0.25, 0.3) is 10.9 Å². The molecule has 4 rings (SSSR count). The average molecular weight is 357 g/mol. The molecular weight excluding hydrogens is 340 g/mol. The number of hydrogen-bond donors (Lipinski definition) is 1. The Labute approximate surface area is 151 Å². The second-order valence-corrected chi connectivity index (χ2v) is 7.12. The molecule has 0 N–H and O–H groups in total. The van der Waals surface area contributed by atoms with Crippen molar-refractivity contribution in [3.8, 4) is 0 Å². The van der Waals surface area contributed by atoms with E-state index in [1.165, 1.54) is 11.1 Å². The second-order valence-electron chi connectivity index (χ2n) is 6.17. The lowest BCUT2D eigenvalue weighted by molar-refractivity contribution is -0.132. The predicted octanol–water partition coefficient (Wildman–Crippen LogP) is 4.52. The van der Waals surface area contributed by atoms with E-state index < -0.39 is 0 Å². The van der Waals surface area contributed by atoms with Gasteiger partial charge in [-0.2, -0.15) is 0 Å². The molecule has 122 valence electrons. The Kier molecular flexibility index (Phi) is 4.02. The molecular formula is C19H17ClN2OS. The first-order valence-electron chi connectivity index (χ1n) is 7.93. The van der Waals surface area contributed by atoms with Crippen molar-refractivity contribution >= 4 is 41.0 Å². The van der Waals surface area contributed by atoms with Gasteiger partial charge >= 0.3 is 0 Å². The summed E-state index contributed by atoms with van der Waals surface area (Å²) in [6, 6.07) is 14.0. The van der Waals surface area contributed by atoms with E-state index >= 15 is 0 Å². The van der Waals surface area contributed by atoms with Crippen LogP contribution in [0.1, 0.15) is 17.5 Å². The summed E-state index contributed by atoms with van der Waals surface area (Å²) in [6.45, 7) is 2.06. The summed E-state index contributed by atoms with van der Waals surface area (Å²) in [4.78, 5) is 15.4. The van der Waals surface area contributed by atoms with Crippen LogP contribution in [-0.4, -0.2) is 15.4 Å². The zero-order chi connectivity index (χ0) is 16.7. The second kappa shape index (κ2) is 6.19. The molecule has 1 aliphatic heterocycles. The van der Waals surface area contributed by atoms with Crippen molar-refractivity contribution in [2.75, 3.05) is 0 Å². The van der Waals surface area contributed by atoms with E-state index in [2.05, 4.69) is 29.3 Å². The number of fused-ring (bicyclic) bond motifs is 2. The molecule has 3 nitrogen and oxygen atoms in total. The molecule has 0 bridgehead atoms. The minimum absolute atomic E-state index is 0.183. The number of amides is 1. The molecule has 0 unspecified atom stereocenters. The van der Waals surface area contributed by atoms with Crippen molar-refractivity contribution in [1.29, 1.82) is 0 Å². The molecule has 3 aromatic rings. The molecule has 0 fully saturated rings. The van der Waals surface area contributed by atoms with Crippen LogP contribution >= 0.6 is 24.2 Å². The van der Waals surface area contributed by atoms with Crippen LogP contribution in [0.5, 0.6) is 0 Å². The van der Waals surface area contributed by atoms with Gasteiger partial charge in [-0.05, 0) is 47.5 Å². The monoisotopic (exact) mass is 356 g/mol. The van der Waals surface area contributed by atoms with E-state index in [0.717, 1.165) is 20.8 Å². The predicted molar refractivity (Wildman–Crippen MR) is 99.5 cm³/mol. The highest BCUT2D eigenvalue weighted by atomic mass is 35.5. The van der Waals surface area contributed by atoms with Crippen LogP contribution in [0.4, 0.5) is 0 Å². The first-order chi connectivity index (χ1) is 11.6. The van der Waals surface area contributed by atoms with E-state index in [-0.39, 0.29) is 5.91 Å². The summed E-state index contributed by atoms with van der Waals surface area (Å²) in [6.07, 6.45) is 2.51. The average Bonchev–Trinajstić information content (AvgIpc) is 3.15. The van der Waals surface area contributed by atoms with Crippen molar-refractivity contribution in [2.24, 2.45) is 0 Å². The van der Waals surface area contributed by atoms with Crippen LogP contribution in [-0.2, 0) is 24.4 Å². The number of benzene rings is 2. The van der Waals surface area contributed by atoms with Crippen molar-refractivity contribution in [2.45, 2.75) is 31.0 Å². The number of hydrogen-bond acceptors (Lipinski definition) is 2. The lowest BCUT2D eigenvalue weighted by Crippen LogP contribution is -2.26. The van der Waals surface area contributed by atoms with Crippen LogP contribution in [0.3, 0.4) is 0 Å². The number of carbonyl (C=O) groups is 1. The summed E-state index contributed by atoms with van der Waals surface area (Å²) in [7, 11) is 0. The fourth-order valence-electron chi connectivity index (χ4n) is 3.30. The van der Waals surface area contributed by atoms with Gasteiger partial charge in [-0.1, -0.05) is 17.7 Å². The number of carbonyl (C=O) groups excluding carboxylic acids is 1. The van der Waals surface area contributed by atoms with Crippen molar-refractivity contribution in [1.82, 2.24) is 9.47 Å².